The molecule has 0 saturated heterocycles. The Labute approximate surface area is 177 Å². The van der Waals surface area contributed by atoms with Gasteiger partial charge in [0.05, 0.1) is 6.61 Å². The van der Waals surface area contributed by atoms with E-state index in [4.69, 9.17) is 16.3 Å². The van der Waals surface area contributed by atoms with Gasteiger partial charge in [-0.15, -0.1) is 10.2 Å². The van der Waals surface area contributed by atoms with Crippen molar-refractivity contribution in [2.75, 3.05) is 12.4 Å². The molecule has 4 aromatic rings. The fraction of sp³-hybridized carbons (Fsp3) is 0.0909. The van der Waals surface area contributed by atoms with E-state index in [0.29, 0.717) is 23.2 Å². The van der Waals surface area contributed by atoms with Crippen LogP contribution in [0.4, 0.5) is 4.39 Å². The standard InChI is InChI=1S/C22H17ClFN3OS/c23-17-8-12-20(13-9-17)28-14-15-29-22-26-25-21(16-6-10-18(24)11-7-16)27(22)19-4-2-1-3-5-19/h1-13H,14-15H2. The molecule has 0 aliphatic carbocycles. The molecule has 1 aromatic heterocycles. The summed E-state index contributed by atoms with van der Waals surface area (Å²) in [5.41, 5.74) is 1.74. The molecule has 0 aliphatic heterocycles. The van der Waals surface area contributed by atoms with Crippen molar-refractivity contribution in [3.63, 3.8) is 0 Å². The first-order valence-electron chi connectivity index (χ1n) is 8.99. The van der Waals surface area contributed by atoms with Crippen LogP contribution in [0.25, 0.3) is 17.1 Å². The van der Waals surface area contributed by atoms with Crippen LogP contribution >= 0.6 is 23.4 Å². The van der Waals surface area contributed by atoms with Gasteiger partial charge in [0.15, 0.2) is 11.0 Å². The van der Waals surface area contributed by atoms with Gasteiger partial charge in [0, 0.05) is 22.0 Å². The Morgan fingerprint density at radius 2 is 1.62 bits per heavy atom. The lowest BCUT2D eigenvalue weighted by molar-refractivity contribution is 0.344. The number of hydrogen-bond acceptors (Lipinski definition) is 4. The van der Waals surface area contributed by atoms with Crippen molar-refractivity contribution in [3.8, 4) is 22.8 Å². The summed E-state index contributed by atoms with van der Waals surface area (Å²) in [4.78, 5) is 0. The Morgan fingerprint density at radius 3 is 2.34 bits per heavy atom. The van der Waals surface area contributed by atoms with Gasteiger partial charge in [0.25, 0.3) is 0 Å². The molecule has 0 N–H and O–H groups in total. The van der Waals surface area contributed by atoms with Crippen LogP contribution in [-0.4, -0.2) is 27.1 Å². The van der Waals surface area contributed by atoms with Gasteiger partial charge in [-0.25, -0.2) is 4.39 Å². The minimum atomic E-state index is -0.284. The first kappa shape index (κ1) is 19.5. The third-order valence-corrected chi connectivity index (χ3v) is 5.29. The fourth-order valence-corrected chi connectivity index (χ4v) is 3.68. The van der Waals surface area contributed by atoms with Gasteiger partial charge in [-0.3, -0.25) is 4.57 Å². The van der Waals surface area contributed by atoms with E-state index in [1.165, 1.54) is 12.1 Å². The Balaban J connectivity index is 1.53. The van der Waals surface area contributed by atoms with Gasteiger partial charge >= 0.3 is 0 Å². The number of para-hydroxylation sites is 1. The lowest BCUT2D eigenvalue weighted by Gasteiger charge is -2.11. The van der Waals surface area contributed by atoms with E-state index in [1.807, 2.05) is 47.0 Å². The second kappa shape index (κ2) is 9.11. The smallest absolute Gasteiger partial charge is 0.196 e. The summed E-state index contributed by atoms with van der Waals surface area (Å²) in [5, 5.41) is 10.1. The second-order valence-electron chi connectivity index (χ2n) is 6.13. The fourth-order valence-electron chi connectivity index (χ4n) is 2.78. The maximum atomic E-state index is 13.3. The number of rotatable bonds is 7. The molecule has 0 saturated carbocycles. The molecular formula is C22H17ClFN3OS. The first-order chi connectivity index (χ1) is 14.2. The highest BCUT2D eigenvalue weighted by molar-refractivity contribution is 7.99. The highest BCUT2D eigenvalue weighted by Crippen LogP contribution is 2.28. The zero-order valence-corrected chi connectivity index (χ0v) is 16.9. The Hall–Kier alpha value is -2.83. The van der Waals surface area contributed by atoms with E-state index >= 15 is 0 Å². The molecule has 0 radical (unpaired) electrons. The average molecular weight is 426 g/mol. The summed E-state index contributed by atoms with van der Waals surface area (Å²) in [6.45, 7) is 0.514. The third kappa shape index (κ3) is 4.78. The van der Waals surface area contributed by atoms with E-state index in [2.05, 4.69) is 10.2 Å². The number of halogens is 2. The van der Waals surface area contributed by atoms with Gasteiger partial charge in [-0.05, 0) is 60.7 Å². The zero-order valence-electron chi connectivity index (χ0n) is 15.3. The molecule has 1 heterocycles. The SMILES string of the molecule is Fc1ccc(-c2nnc(SCCOc3ccc(Cl)cc3)n2-c2ccccc2)cc1. The quantitative estimate of drug-likeness (QED) is 0.273. The molecule has 0 unspecified atom stereocenters. The van der Waals surface area contributed by atoms with Crippen LogP contribution in [0.15, 0.2) is 84.0 Å². The molecule has 29 heavy (non-hydrogen) atoms. The normalized spacial score (nSPS) is 10.8. The molecule has 0 aliphatic rings. The number of benzene rings is 3. The molecule has 0 bridgehead atoms. The maximum Gasteiger partial charge on any atom is 0.196 e. The lowest BCUT2D eigenvalue weighted by Crippen LogP contribution is -2.03. The molecule has 0 atom stereocenters. The molecule has 7 heteroatoms. The summed E-state index contributed by atoms with van der Waals surface area (Å²) < 4.78 is 21.1. The Kier molecular flexibility index (Phi) is 6.12. The predicted molar refractivity (Wildman–Crippen MR) is 114 cm³/mol. The van der Waals surface area contributed by atoms with Gasteiger partial charge in [-0.1, -0.05) is 41.6 Å². The Bertz CT molecular complexity index is 1070. The number of ether oxygens (including phenoxy) is 1. The molecule has 0 amide bonds. The first-order valence-corrected chi connectivity index (χ1v) is 10.3. The van der Waals surface area contributed by atoms with Crippen molar-refractivity contribution in [2.24, 2.45) is 0 Å². The van der Waals surface area contributed by atoms with Crippen LogP contribution in [-0.2, 0) is 0 Å². The minimum Gasteiger partial charge on any atom is -0.493 e. The number of hydrogen-bond donors (Lipinski definition) is 0. The largest absolute Gasteiger partial charge is 0.493 e. The Morgan fingerprint density at radius 1 is 0.897 bits per heavy atom. The van der Waals surface area contributed by atoms with Crippen LogP contribution < -0.4 is 4.74 Å². The van der Waals surface area contributed by atoms with E-state index in [-0.39, 0.29) is 5.82 Å². The van der Waals surface area contributed by atoms with Crippen molar-refractivity contribution >= 4 is 23.4 Å². The van der Waals surface area contributed by atoms with Crippen LogP contribution in [0.5, 0.6) is 5.75 Å². The lowest BCUT2D eigenvalue weighted by atomic mass is 10.2. The summed E-state index contributed by atoms with van der Waals surface area (Å²) in [7, 11) is 0. The maximum absolute atomic E-state index is 13.3. The average Bonchev–Trinajstić information content (AvgIpc) is 3.17. The van der Waals surface area contributed by atoms with Crippen LogP contribution in [0.1, 0.15) is 0 Å². The van der Waals surface area contributed by atoms with Crippen LogP contribution in [0.2, 0.25) is 5.02 Å². The number of nitrogens with zero attached hydrogens (tertiary/aromatic N) is 3. The molecule has 0 spiro atoms. The molecular weight excluding hydrogens is 409 g/mol. The van der Waals surface area contributed by atoms with Gasteiger partial charge < -0.3 is 4.74 Å². The topological polar surface area (TPSA) is 39.9 Å². The monoisotopic (exact) mass is 425 g/mol. The van der Waals surface area contributed by atoms with Gasteiger partial charge in [0.1, 0.15) is 11.6 Å². The van der Waals surface area contributed by atoms with Gasteiger partial charge in [-0.2, -0.15) is 0 Å². The van der Waals surface area contributed by atoms with Crippen molar-refractivity contribution in [3.05, 3.63) is 89.7 Å². The molecule has 4 rings (SSSR count). The predicted octanol–water partition coefficient (Wildman–Crippen LogP) is 5.90. The van der Waals surface area contributed by atoms with Crippen LogP contribution in [0, 0.1) is 5.82 Å². The highest BCUT2D eigenvalue weighted by Gasteiger charge is 2.16. The molecule has 3 aromatic carbocycles. The van der Waals surface area contributed by atoms with Crippen molar-refractivity contribution < 1.29 is 9.13 Å². The summed E-state index contributed by atoms with van der Waals surface area (Å²) in [6.07, 6.45) is 0. The van der Waals surface area contributed by atoms with Gasteiger partial charge in [0.2, 0.25) is 0 Å². The number of thioether (sulfide) groups is 1. The molecule has 0 fully saturated rings. The zero-order chi connectivity index (χ0) is 20.1. The van der Waals surface area contributed by atoms with E-state index in [1.54, 1.807) is 36.0 Å². The minimum absolute atomic E-state index is 0.284. The van der Waals surface area contributed by atoms with Crippen LogP contribution in [0.3, 0.4) is 0 Å². The van der Waals surface area contributed by atoms with Crippen molar-refractivity contribution in [2.45, 2.75) is 5.16 Å². The van der Waals surface area contributed by atoms with E-state index in [0.717, 1.165) is 22.2 Å². The second-order valence-corrected chi connectivity index (χ2v) is 7.63. The molecule has 146 valence electrons. The van der Waals surface area contributed by atoms with E-state index < -0.39 is 0 Å². The summed E-state index contributed by atoms with van der Waals surface area (Å²) in [6, 6.07) is 23.4. The highest BCUT2D eigenvalue weighted by atomic mass is 35.5. The number of aromatic nitrogens is 3. The summed E-state index contributed by atoms with van der Waals surface area (Å²) >= 11 is 7.44. The molecule has 4 nitrogen and oxygen atoms in total. The third-order valence-electron chi connectivity index (χ3n) is 4.15. The van der Waals surface area contributed by atoms with E-state index in [9.17, 15) is 4.39 Å². The van der Waals surface area contributed by atoms with Crippen molar-refractivity contribution in [1.82, 2.24) is 14.8 Å². The summed E-state index contributed by atoms with van der Waals surface area (Å²) in [5.74, 6) is 1.84. The van der Waals surface area contributed by atoms with Crippen molar-refractivity contribution in [1.29, 1.82) is 0 Å².